The van der Waals surface area contributed by atoms with Gasteiger partial charge in [0.25, 0.3) is 0 Å². The molecule has 0 aromatic heterocycles. The van der Waals surface area contributed by atoms with E-state index in [0.29, 0.717) is 0 Å². The van der Waals surface area contributed by atoms with Gasteiger partial charge in [-0.1, -0.05) is 6.08 Å². The Labute approximate surface area is 80.8 Å². The van der Waals surface area contributed by atoms with Crippen LogP contribution in [0.1, 0.15) is 6.92 Å². The molecule has 0 saturated carbocycles. The lowest BCUT2D eigenvalue weighted by Crippen LogP contribution is -2.59. The van der Waals surface area contributed by atoms with Gasteiger partial charge in [-0.2, -0.15) is 0 Å². The molecule has 3 heteroatoms. The highest BCUT2D eigenvalue weighted by molar-refractivity contribution is 4.90. The lowest BCUT2D eigenvalue weighted by atomic mass is 10.0. The summed E-state index contributed by atoms with van der Waals surface area (Å²) in [4.78, 5) is 2.20. The Morgan fingerprint density at radius 3 is 2.77 bits per heavy atom. The number of nitrogens with zero attached hydrogens (tertiary/aromatic N) is 1. The summed E-state index contributed by atoms with van der Waals surface area (Å²) in [6, 6.07) is 0. The molecule has 1 aliphatic heterocycles. The van der Waals surface area contributed by atoms with Crippen LogP contribution in [0.15, 0.2) is 12.7 Å². The third-order valence-electron chi connectivity index (χ3n) is 2.36. The van der Waals surface area contributed by atoms with Gasteiger partial charge in [-0.3, -0.25) is 0 Å². The van der Waals surface area contributed by atoms with E-state index < -0.39 is 0 Å². The number of ether oxygens (including phenoxy) is 1. The lowest BCUT2D eigenvalue weighted by molar-refractivity contribution is -0.0704. The molecule has 0 aromatic carbocycles. The van der Waals surface area contributed by atoms with Crippen molar-refractivity contribution >= 4 is 0 Å². The molecule has 1 aliphatic rings. The minimum atomic E-state index is 0.0923. The monoisotopic (exact) mass is 184 g/mol. The fourth-order valence-electron chi connectivity index (χ4n) is 1.34. The molecule has 0 amide bonds. The third-order valence-corrected chi connectivity index (χ3v) is 2.36. The van der Waals surface area contributed by atoms with Gasteiger partial charge in [0.15, 0.2) is 0 Å². The Morgan fingerprint density at radius 2 is 2.31 bits per heavy atom. The van der Waals surface area contributed by atoms with Crippen molar-refractivity contribution in [3.8, 4) is 0 Å². The highest BCUT2D eigenvalue weighted by atomic mass is 16.5. The second-order valence-corrected chi connectivity index (χ2v) is 3.95. The molecule has 76 valence electrons. The van der Waals surface area contributed by atoms with E-state index in [1.165, 1.54) is 0 Å². The van der Waals surface area contributed by atoms with Crippen molar-refractivity contribution in [1.29, 1.82) is 0 Å². The van der Waals surface area contributed by atoms with E-state index in [9.17, 15) is 0 Å². The van der Waals surface area contributed by atoms with Gasteiger partial charge >= 0.3 is 0 Å². The topological polar surface area (TPSA) is 24.5 Å². The molecule has 0 aromatic rings. The van der Waals surface area contributed by atoms with Crippen molar-refractivity contribution < 1.29 is 4.74 Å². The van der Waals surface area contributed by atoms with Gasteiger partial charge in [0.2, 0.25) is 0 Å². The van der Waals surface area contributed by atoms with Gasteiger partial charge in [-0.25, -0.2) is 0 Å². The molecule has 1 N–H and O–H groups in total. The van der Waals surface area contributed by atoms with Crippen molar-refractivity contribution in [3.05, 3.63) is 12.7 Å². The summed E-state index contributed by atoms with van der Waals surface area (Å²) in [6.45, 7) is 10.5. The van der Waals surface area contributed by atoms with Gasteiger partial charge in [0.05, 0.1) is 12.2 Å². The first kappa shape index (κ1) is 10.7. The summed E-state index contributed by atoms with van der Waals surface area (Å²) in [5.74, 6) is 0. The molecule has 0 atom stereocenters. The molecule has 0 bridgehead atoms. The van der Waals surface area contributed by atoms with Crippen molar-refractivity contribution in [1.82, 2.24) is 10.2 Å². The van der Waals surface area contributed by atoms with Gasteiger partial charge in [-0.05, 0) is 14.0 Å². The molecular weight excluding hydrogens is 164 g/mol. The average Bonchev–Trinajstić information content (AvgIpc) is 2.02. The normalized spacial score (nSPS) is 19.9. The SMILES string of the molecule is C=CCN(C)CCOC1(C)CNC1. The number of rotatable bonds is 6. The van der Waals surface area contributed by atoms with Crippen LogP contribution in [0.5, 0.6) is 0 Å². The van der Waals surface area contributed by atoms with Crippen molar-refractivity contribution in [2.75, 3.05) is 39.8 Å². The van der Waals surface area contributed by atoms with Crippen molar-refractivity contribution in [2.45, 2.75) is 12.5 Å². The van der Waals surface area contributed by atoms with E-state index >= 15 is 0 Å². The maximum Gasteiger partial charge on any atom is 0.0902 e. The molecule has 0 unspecified atom stereocenters. The first-order chi connectivity index (χ1) is 6.16. The fraction of sp³-hybridized carbons (Fsp3) is 0.800. The predicted molar refractivity (Wildman–Crippen MR) is 54.9 cm³/mol. The lowest BCUT2D eigenvalue weighted by Gasteiger charge is -2.39. The van der Waals surface area contributed by atoms with E-state index in [2.05, 4.69) is 30.8 Å². The summed E-state index contributed by atoms with van der Waals surface area (Å²) in [7, 11) is 2.08. The van der Waals surface area contributed by atoms with Crippen LogP contribution in [0.3, 0.4) is 0 Å². The third kappa shape index (κ3) is 3.46. The first-order valence-corrected chi connectivity index (χ1v) is 4.80. The van der Waals surface area contributed by atoms with Crippen molar-refractivity contribution in [2.24, 2.45) is 0 Å². The van der Waals surface area contributed by atoms with Crippen LogP contribution in [0, 0.1) is 0 Å². The summed E-state index contributed by atoms with van der Waals surface area (Å²) >= 11 is 0. The maximum absolute atomic E-state index is 5.74. The van der Waals surface area contributed by atoms with E-state index in [-0.39, 0.29) is 5.60 Å². The molecule has 0 aliphatic carbocycles. The minimum Gasteiger partial charge on any atom is -0.371 e. The predicted octanol–water partition coefficient (Wildman–Crippen LogP) is 0.483. The van der Waals surface area contributed by atoms with E-state index in [1.807, 2.05) is 6.08 Å². The van der Waals surface area contributed by atoms with Crippen LogP contribution in [0.2, 0.25) is 0 Å². The Balaban J connectivity index is 2.02. The smallest absolute Gasteiger partial charge is 0.0902 e. The molecule has 13 heavy (non-hydrogen) atoms. The first-order valence-electron chi connectivity index (χ1n) is 4.80. The zero-order chi connectivity index (χ0) is 9.73. The molecule has 1 heterocycles. The molecule has 1 rings (SSSR count). The number of nitrogens with one attached hydrogen (secondary N) is 1. The average molecular weight is 184 g/mol. The van der Waals surface area contributed by atoms with E-state index in [0.717, 1.165) is 32.8 Å². The summed E-state index contributed by atoms with van der Waals surface area (Å²) < 4.78 is 5.74. The van der Waals surface area contributed by atoms with Gasteiger partial charge in [0, 0.05) is 26.2 Å². The zero-order valence-electron chi connectivity index (χ0n) is 8.68. The van der Waals surface area contributed by atoms with Gasteiger partial charge in [0.1, 0.15) is 0 Å². The Morgan fingerprint density at radius 1 is 1.62 bits per heavy atom. The molecule has 1 saturated heterocycles. The van der Waals surface area contributed by atoms with Crippen LogP contribution in [-0.4, -0.2) is 50.3 Å². The molecule has 3 nitrogen and oxygen atoms in total. The molecule has 1 fully saturated rings. The number of hydrogen-bond donors (Lipinski definition) is 1. The van der Waals surface area contributed by atoms with Crippen LogP contribution < -0.4 is 5.32 Å². The van der Waals surface area contributed by atoms with Crippen LogP contribution >= 0.6 is 0 Å². The Hall–Kier alpha value is -0.380. The largest absolute Gasteiger partial charge is 0.371 e. The summed E-state index contributed by atoms with van der Waals surface area (Å²) in [6.07, 6.45) is 1.91. The van der Waals surface area contributed by atoms with Crippen molar-refractivity contribution in [3.63, 3.8) is 0 Å². The summed E-state index contributed by atoms with van der Waals surface area (Å²) in [5.41, 5.74) is 0.0923. The highest BCUT2D eigenvalue weighted by Crippen LogP contribution is 2.14. The summed E-state index contributed by atoms with van der Waals surface area (Å²) in [5, 5.41) is 3.21. The molecule has 0 radical (unpaired) electrons. The highest BCUT2D eigenvalue weighted by Gasteiger charge is 2.32. The zero-order valence-corrected chi connectivity index (χ0v) is 8.68. The fourth-order valence-corrected chi connectivity index (χ4v) is 1.34. The molecule has 0 spiro atoms. The minimum absolute atomic E-state index is 0.0923. The Bertz CT molecular complexity index is 166. The number of hydrogen-bond acceptors (Lipinski definition) is 3. The van der Waals surface area contributed by atoms with E-state index in [4.69, 9.17) is 4.74 Å². The van der Waals surface area contributed by atoms with Crippen LogP contribution in [0.4, 0.5) is 0 Å². The Kier molecular flexibility index (Phi) is 3.90. The van der Waals surface area contributed by atoms with Crippen LogP contribution in [-0.2, 0) is 4.74 Å². The van der Waals surface area contributed by atoms with Gasteiger partial charge in [-0.15, -0.1) is 6.58 Å². The quantitative estimate of drug-likeness (QED) is 0.608. The van der Waals surface area contributed by atoms with E-state index in [1.54, 1.807) is 0 Å². The maximum atomic E-state index is 5.74. The standard InChI is InChI=1S/C10H20N2O/c1-4-5-12(3)6-7-13-10(2)8-11-9-10/h4,11H,1,5-9H2,2-3H3. The molecular formula is C10H20N2O. The second-order valence-electron chi connectivity index (χ2n) is 3.95. The van der Waals surface area contributed by atoms with Gasteiger partial charge < -0.3 is 15.0 Å². The second kappa shape index (κ2) is 4.74. The van der Waals surface area contributed by atoms with Crippen LogP contribution in [0.25, 0.3) is 0 Å². The number of likely N-dealkylation sites (N-methyl/N-ethyl adjacent to an activating group) is 1.